The molecule has 37 heavy (non-hydrogen) atoms. The van der Waals surface area contributed by atoms with Crippen molar-refractivity contribution in [1.29, 1.82) is 0 Å². The second-order valence-electron chi connectivity index (χ2n) is 11.1. The molecule has 2 saturated carbocycles. The molecule has 4 aliphatic carbocycles. The Morgan fingerprint density at radius 3 is 1.08 bits per heavy atom. The average Bonchev–Trinajstić information content (AvgIpc) is 3.74. The molecule has 2 aromatic carbocycles. The SMILES string of the molecule is O=C1C2C3C=CC(C3)C2C(=O)N1c1ccc(Oc2ccc(N3C(=O)C4C5C=CC(C5)C4C3=O)cc2)cc1. The Kier molecular flexibility index (Phi) is 4.15. The van der Waals surface area contributed by atoms with Crippen molar-refractivity contribution in [2.45, 2.75) is 12.8 Å². The molecule has 0 radical (unpaired) electrons. The molecule has 7 heteroatoms. The highest BCUT2D eigenvalue weighted by Gasteiger charge is 2.60. The minimum atomic E-state index is -0.225. The van der Waals surface area contributed by atoms with E-state index in [4.69, 9.17) is 4.74 Å². The van der Waals surface area contributed by atoms with E-state index in [0.717, 1.165) is 12.8 Å². The predicted octanol–water partition coefficient (Wildman–Crippen LogP) is 4.10. The Bertz CT molecular complexity index is 1270. The molecule has 4 amide bonds. The van der Waals surface area contributed by atoms with Crippen LogP contribution < -0.4 is 14.5 Å². The molecule has 0 N–H and O–H groups in total. The molecule has 6 aliphatic rings. The second kappa shape index (κ2) is 7.28. The van der Waals surface area contributed by atoms with Gasteiger partial charge in [-0.05, 0) is 85.0 Å². The summed E-state index contributed by atoms with van der Waals surface area (Å²) in [5.41, 5.74) is 1.12. The van der Waals surface area contributed by atoms with Crippen LogP contribution in [0.1, 0.15) is 12.8 Å². The summed E-state index contributed by atoms with van der Waals surface area (Å²) in [6, 6.07) is 13.9. The third-order valence-corrected chi connectivity index (χ3v) is 9.37. The van der Waals surface area contributed by atoms with E-state index < -0.39 is 0 Å². The zero-order valence-electron chi connectivity index (χ0n) is 19.9. The normalized spacial score (nSPS) is 36.3. The number of rotatable bonds is 4. The fraction of sp³-hybridized carbons (Fsp3) is 0.333. The van der Waals surface area contributed by atoms with Crippen LogP contribution in [0.15, 0.2) is 72.8 Å². The molecule has 184 valence electrons. The molecular weight excluding hydrogens is 468 g/mol. The molecule has 4 bridgehead atoms. The summed E-state index contributed by atoms with van der Waals surface area (Å²) in [6.45, 7) is 0. The number of benzene rings is 2. The summed E-state index contributed by atoms with van der Waals surface area (Å²) < 4.78 is 5.96. The topological polar surface area (TPSA) is 84.0 Å². The molecule has 2 aliphatic heterocycles. The highest BCUT2D eigenvalue weighted by atomic mass is 16.5. The van der Waals surface area contributed by atoms with Crippen LogP contribution >= 0.6 is 0 Å². The standard InChI is InChI=1S/C30H24N2O5/c33-27-23-15-1-2-16(13-15)24(23)28(34)31(27)19-5-9-21(10-6-19)37-22-11-7-20(8-12-22)32-29(35)25-17-3-4-18(14-17)26(25)30(32)36/h1-12,15-18,23-26H,13-14H2. The Hall–Kier alpha value is -4.00. The number of nitrogens with zero attached hydrogens (tertiary/aromatic N) is 2. The highest BCUT2D eigenvalue weighted by molar-refractivity contribution is 6.23. The van der Waals surface area contributed by atoms with E-state index in [-0.39, 0.29) is 71.0 Å². The van der Waals surface area contributed by atoms with Gasteiger partial charge in [0.15, 0.2) is 0 Å². The fourth-order valence-electron chi connectivity index (χ4n) is 7.78. The first-order valence-corrected chi connectivity index (χ1v) is 13.0. The van der Waals surface area contributed by atoms with Gasteiger partial charge in [0.25, 0.3) is 0 Å². The van der Waals surface area contributed by atoms with Gasteiger partial charge in [-0.3, -0.25) is 29.0 Å². The molecule has 2 saturated heterocycles. The van der Waals surface area contributed by atoms with E-state index in [1.54, 1.807) is 48.5 Å². The van der Waals surface area contributed by atoms with Crippen molar-refractivity contribution in [3.63, 3.8) is 0 Å². The van der Waals surface area contributed by atoms with Crippen LogP contribution in [0.3, 0.4) is 0 Å². The first kappa shape index (κ1) is 21.1. The van der Waals surface area contributed by atoms with E-state index in [0.29, 0.717) is 22.9 Å². The molecule has 0 spiro atoms. The van der Waals surface area contributed by atoms with Gasteiger partial charge in [0.2, 0.25) is 23.6 Å². The lowest BCUT2D eigenvalue weighted by molar-refractivity contribution is -0.124. The van der Waals surface area contributed by atoms with Gasteiger partial charge < -0.3 is 4.74 Å². The summed E-state index contributed by atoms with van der Waals surface area (Å²) in [5.74, 6) is 0.531. The Labute approximate surface area is 213 Å². The van der Waals surface area contributed by atoms with Gasteiger partial charge in [0.05, 0.1) is 35.0 Å². The number of ether oxygens (including phenoxy) is 1. The quantitative estimate of drug-likeness (QED) is 0.474. The molecule has 7 nitrogen and oxygen atoms in total. The number of fused-ring (bicyclic) bond motifs is 10. The summed E-state index contributed by atoms with van der Waals surface area (Å²) in [4.78, 5) is 54.8. The first-order chi connectivity index (χ1) is 18.0. The molecule has 8 atom stereocenters. The van der Waals surface area contributed by atoms with Gasteiger partial charge in [-0.15, -0.1) is 0 Å². The largest absolute Gasteiger partial charge is 0.457 e. The molecular formula is C30H24N2O5. The maximum atomic E-state index is 13.0. The van der Waals surface area contributed by atoms with Crippen molar-refractivity contribution in [3.8, 4) is 11.5 Å². The van der Waals surface area contributed by atoms with Crippen molar-refractivity contribution in [3.05, 3.63) is 72.8 Å². The van der Waals surface area contributed by atoms with Gasteiger partial charge >= 0.3 is 0 Å². The van der Waals surface area contributed by atoms with Crippen molar-refractivity contribution in [2.75, 3.05) is 9.80 Å². The van der Waals surface area contributed by atoms with E-state index in [1.165, 1.54) is 9.80 Å². The number of carbonyl (C=O) groups is 4. The van der Waals surface area contributed by atoms with E-state index in [9.17, 15) is 19.2 Å². The van der Waals surface area contributed by atoms with Crippen molar-refractivity contribution in [1.82, 2.24) is 0 Å². The van der Waals surface area contributed by atoms with Crippen LogP contribution in [0, 0.1) is 47.3 Å². The van der Waals surface area contributed by atoms with Gasteiger partial charge in [-0.2, -0.15) is 0 Å². The van der Waals surface area contributed by atoms with Crippen molar-refractivity contribution in [2.24, 2.45) is 47.3 Å². The third kappa shape index (κ3) is 2.77. The number of allylic oxidation sites excluding steroid dienone is 4. The van der Waals surface area contributed by atoms with Crippen LogP contribution in [-0.4, -0.2) is 23.6 Å². The number of imide groups is 2. The summed E-state index contributed by atoms with van der Waals surface area (Å²) >= 11 is 0. The minimum absolute atomic E-state index is 0.102. The molecule has 0 aromatic heterocycles. The fourth-order valence-corrected chi connectivity index (χ4v) is 7.78. The molecule has 8 rings (SSSR count). The first-order valence-electron chi connectivity index (χ1n) is 13.0. The van der Waals surface area contributed by atoms with Crippen LogP contribution in [0.5, 0.6) is 11.5 Å². The second-order valence-corrected chi connectivity index (χ2v) is 11.1. The van der Waals surface area contributed by atoms with Crippen LogP contribution in [0.4, 0.5) is 11.4 Å². The van der Waals surface area contributed by atoms with Crippen LogP contribution in [-0.2, 0) is 19.2 Å². The highest BCUT2D eigenvalue weighted by Crippen LogP contribution is 2.54. The molecule has 2 heterocycles. The Morgan fingerprint density at radius 1 is 0.486 bits per heavy atom. The lowest BCUT2D eigenvalue weighted by atomic mass is 9.85. The van der Waals surface area contributed by atoms with E-state index in [1.807, 2.05) is 0 Å². The predicted molar refractivity (Wildman–Crippen MR) is 133 cm³/mol. The molecule has 4 fully saturated rings. The van der Waals surface area contributed by atoms with Crippen molar-refractivity contribution >= 4 is 35.0 Å². The number of anilines is 2. The van der Waals surface area contributed by atoms with Gasteiger partial charge in [0, 0.05) is 0 Å². The molecule has 8 unspecified atom stereocenters. The van der Waals surface area contributed by atoms with Crippen LogP contribution in [0.25, 0.3) is 0 Å². The van der Waals surface area contributed by atoms with Gasteiger partial charge in [-0.25, -0.2) is 0 Å². The lowest BCUT2D eigenvalue weighted by Gasteiger charge is -2.18. The maximum Gasteiger partial charge on any atom is 0.238 e. The Morgan fingerprint density at radius 2 is 0.784 bits per heavy atom. The minimum Gasteiger partial charge on any atom is -0.457 e. The van der Waals surface area contributed by atoms with E-state index in [2.05, 4.69) is 24.3 Å². The maximum absolute atomic E-state index is 13.0. The number of carbonyl (C=O) groups excluding carboxylic acids is 4. The third-order valence-electron chi connectivity index (χ3n) is 9.37. The number of amides is 4. The van der Waals surface area contributed by atoms with Gasteiger partial charge in [0.1, 0.15) is 11.5 Å². The van der Waals surface area contributed by atoms with Crippen LogP contribution in [0.2, 0.25) is 0 Å². The number of hydrogen-bond donors (Lipinski definition) is 0. The average molecular weight is 493 g/mol. The summed E-state index contributed by atoms with van der Waals surface area (Å²) in [7, 11) is 0. The van der Waals surface area contributed by atoms with E-state index >= 15 is 0 Å². The molecule has 2 aromatic rings. The monoisotopic (exact) mass is 492 g/mol. The van der Waals surface area contributed by atoms with Crippen molar-refractivity contribution < 1.29 is 23.9 Å². The lowest BCUT2D eigenvalue weighted by Crippen LogP contribution is -2.32. The summed E-state index contributed by atoms with van der Waals surface area (Å²) in [5, 5.41) is 0. The zero-order chi connectivity index (χ0) is 25.0. The smallest absolute Gasteiger partial charge is 0.238 e. The zero-order valence-corrected chi connectivity index (χ0v) is 19.9. The Balaban J connectivity index is 0.973. The number of hydrogen-bond acceptors (Lipinski definition) is 5. The summed E-state index contributed by atoms with van der Waals surface area (Å²) in [6.07, 6.45) is 10.2. The van der Waals surface area contributed by atoms with Gasteiger partial charge in [-0.1, -0.05) is 24.3 Å².